The second-order valence-electron chi connectivity index (χ2n) is 5.56. The van der Waals surface area contributed by atoms with Crippen LogP contribution in [0, 0.1) is 0 Å². The van der Waals surface area contributed by atoms with Crippen molar-refractivity contribution in [3.05, 3.63) is 34.9 Å². The van der Waals surface area contributed by atoms with E-state index < -0.39 is 6.10 Å². The van der Waals surface area contributed by atoms with Gasteiger partial charge in [0.2, 0.25) is 5.91 Å². The topological polar surface area (TPSA) is 73.6 Å². The summed E-state index contributed by atoms with van der Waals surface area (Å²) in [4.78, 5) is 12.3. The maximum atomic E-state index is 12.3. The van der Waals surface area contributed by atoms with Gasteiger partial charge in [-0.2, -0.15) is 0 Å². The second kappa shape index (κ2) is 7.92. The van der Waals surface area contributed by atoms with Gasteiger partial charge in [-0.15, -0.1) is 0 Å². The van der Waals surface area contributed by atoms with Crippen LogP contribution in [0.25, 0.3) is 0 Å². The molecule has 0 aromatic heterocycles. The van der Waals surface area contributed by atoms with Crippen molar-refractivity contribution in [3.63, 3.8) is 0 Å². The summed E-state index contributed by atoms with van der Waals surface area (Å²) >= 11 is 5.90. The van der Waals surface area contributed by atoms with Crippen molar-refractivity contribution >= 4 is 17.5 Å². The Balaban J connectivity index is 1.96. The first-order chi connectivity index (χ1) is 10.5. The van der Waals surface area contributed by atoms with Crippen LogP contribution in [-0.4, -0.2) is 37.8 Å². The molecule has 3 N–H and O–H groups in total. The molecule has 1 aliphatic heterocycles. The zero-order chi connectivity index (χ0) is 16.1. The van der Waals surface area contributed by atoms with Crippen LogP contribution >= 0.6 is 11.6 Å². The van der Waals surface area contributed by atoms with Crippen molar-refractivity contribution in [2.75, 3.05) is 13.7 Å². The van der Waals surface area contributed by atoms with Gasteiger partial charge in [-0.25, -0.2) is 0 Å². The van der Waals surface area contributed by atoms with E-state index in [2.05, 4.69) is 5.32 Å². The molecular formula is C16H23ClN2O3. The number of carbonyl (C=O) groups excluding carboxylic acids is 1. The average Bonchev–Trinajstić information content (AvgIpc) is 2.99. The SMILES string of the molecule is COC(c1ccc(Cl)cc1)C(C)NC(=O)[C@@H]1CC[C@H](CN)O1. The first kappa shape index (κ1) is 17.2. The molecule has 1 fully saturated rings. The Morgan fingerprint density at radius 1 is 1.45 bits per heavy atom. The molecule has 0 bridgehead atoms. The highest BCUT2D eigenvalue weighted by Gasteiger charge is 2.31. The Labute approximate surface area is 136 Å². The smallest absolute Gasteiger partial charge is 0.249 e. The summed E-state index contributed by atoms with van der Waals surface area (Å²) in [7, 11) is 1.62. The van der Waals surface area contributed by atoms with Crippen LogP contribution in [0.5, 0.6) is 0 Å². The maximum Gasteiger partial charge on any atom is 0.249 e. The van der Waals surface area contributed by atoms with Crippen LogP contribution in [0.15, 0.2) is 24.3 Å². The molecule has 2 unspecified atom stereocenters. The Morgan fingerprint density at radius 2 is 2.14 bits per heavy atom. The molecule has 1 amide bonds. The molecule has 1 aromatic rings. The van der Waals surface area contributed by atoms with E-state index >= 15 is 0 Å². The molecule has 5 nitrogen and oxygen atoms in total. The third kappa shape index (κ3) is 4.20. The van der Waals surface area contributed by atoms with E-state index in [4.69, 9.17) is 26.8 Å². The van der Waals surface area contributed by atoms with Gasteiger partial charge in [0.25, 0.3) is 0 Å². The van der Waals surface area contributed by atoms with Gasteiger partial charge < -0.3 is 20.5 Å². The first-order valence-electron chi connectivity index (χ1n) is 7.49. The van der Waals surface area contributed by atoms with Crippen LogP contribution < -0.4 is 11.1 Å². The third-order valence-corrected chi connectivity index (χ3v) is 4.19. The minimum Gasteiger partial charge on any atom is -0.375 e. The normalized spacial score (nSPS) is 24.0. The first-order valence-corrected chi connectivity index (χ1v) is 7.87. The summed E-state index contributed by atoms with van der Waals surface area (Å²) in [6.45, 7) is 2.36. The molecule has 0 radical (unpaired) electrons. The highest BCUT2D eigenvalue weighted by molar-refractivity contribution is 6.30. The van der Waals surface area contributed by atoms with Gasteiger partial charge in [-0.3, -0.25) is 4.79 Å². The average molecular weight is 327 g/mol. The van der Waals surface area contributed by atoms with Crippen molar-refractivity contribution < 1.29 is 14.3 Å². The summed E-state index contributed by atoms with van der Waals surface area (Å²) in [6.07, 6.45) is 0.861. The largest absolute Gasteiger partial charge is 0.375 e. The summed E-state index contributed by atoms with van der Waals surface area (Å²) in [5.41, 5.74) is 6.53. The highest BCUT2D eigenvalue weighted by Crippen LogP contribution is 2.24. The predicted octanol–water partition coefficient (Wildman–Crippen LogP) is 2.04. The molecule has 6 heteroatoms. The van der Waals surface area contributed by atoms with Crippen LogP contribution in [0.3, 0.4) is 0 Å². The molecule has 122 valence electrons. The number of nitrogens with two attached hydrogens (primary N) is 1. The monoisotopic (exact) mass is 326 g/mol. The van der Waals surface area contributed by atoms with Crippen LogP contribution in [-0.2, 0) is 14.3 Å². The molecule has 2 rings (SSSR count). The lowest BCUT2D eigenvalue weighted by atomic mass is 10.0. The van der Waals surface area contributed by atoms with Crippen molar-refractivity contribution in [2.45, 2.75) is 44.1 Å². The van der Waals surface area contributed by atoms with Crippen LogP contribution in [0.1, 0.15) is 31.4 Å². The molecular weight excluding hydrogens is 304 g/mol. The minimum absolute atomic E-state index is 0.0134. The number of ether oxygens (including phenoxy) is 2. The van der Waals surface area contributed by atoms with E-state index in [1.807, 2.05) is 31.2 Å². The zero-order valence-electron chi connectivity index (χ0n) is 12.9. The molecule has 22 heavy (non-hydrogen) atoms. The van der Waals surface area contributed by atoms with Crippen LogP contribution in [0.4, 0.5) is 0 Å². The number of rotatable bonds is 6. The van der Waals surface area contributed by atoms with Crippen molar-refractivity contribution in [1.82, 2.24) is 5.32 Å². The molecule has 1 heterocycles. The van der Waals surface area contributed by atoms with Gasteiger partial charge in [-0.1, -0.05) is 23.7 Å². The Hall–Kier alpha value is -1.14. The van der Waals surface area contributed by atoms with Crippen molar-refractivity contribution in [3.8, 4) is 0 Å². The molecule has 1 saturated heterocycles. The lowest BCUT2D eigenvalue weighted by molar-refractivity contribution is -0.133. The lowest BCUT2D eigenvalue weighted by Gasteiger charge is -2.25. The highest BCUT2D eigenvalue weighted by atomic mass is 35.5. The number of nitrogens with one attached hydrogen (secondary N) is 1. The van der Waals surface area contributed by atoms with Gasteiger partial charge in [0.15, 0.2) is 0 Å². The summed E-state index contributed by atoms with van der Waals surface area (Å²) in [5.74, 6) is -0.112. The van der Waals surface area contributed by atoms with E-state index in [1.54, 1.807) is 7.11 Å². The molecule has 0 saturated carbocycles. The van der Waals surface area contributed by atoms with Gasteiger partial charge in [0, 0.05) is 18.7 Å². The fourth-order valence-corrected chi connectivity index (χ4v) is 2.87. The molecule has 0 spiro atoms. The number of carbonyl (C=O) groups is 1. The maximum absolute atomic E-state index is 12.3. The van der Waals surface area contributed by atoms with E-state index in [0.29, 0.717) is 18.0 Å². The van der Waals surface area contributed by atoms with Crippen molar-refractivity contribution in [2.24, 2.45) is 5.73 Å². The molecule has 1 aromatic carbocycles. The quantitative estimate of drug-likeness (QED) is 0.839. The summed E-state index contributed by atoms with van der Waals surface area (Å²) < 4.78 is 11.1. The summed E-state index contributed by atoms with van der Waals surface area (Å²) in [6, 6.07) is 7.23. The van der Waals surface area contributed by atoms with Gasteiger partial charge in [0.1, 0.15) is 12.2 Å². The van der Waals surface area contributed by atoms with E-state index in [9.17, 15) is 4.79 Å². The number of halogens is 1. The predicted molar refractivity (Wildman–Crippen MR) is 85.8 cm³/mol. The van der Waals surface area contributed by atoms with E-state index in [0.717, 1.165) is 12.0 Å². The minimum atomic E-state index is -0.418. The summed E-state index contributed by atoms with van der Waals surface area (Å²) in [5, 5.41) is 3.64. The number of hydrogen-bond donors (Lipinski definition) is 2. The van der Waals surface area contributed by atoms with Gasteiger partial charge in [0.05, 0.1) is 12.1 Å². The van der Waals surface area contributed by atoms with E-state index in [-0.39, 0.29) is 24.2 Å². The second-order valence-corrected chi connectivity index (χ2v) is 6.00. The Kier molecular flexibility index (Phi) is 6.20. The Bertz CT molecular complexity index is 495. The van der Waals surface area contributed by atoms with Crippen LogP contribution in [0.2, 0.25) is 5.02 Å². The molecule has 0 aliphatic carbocycles. The van der Waals surface area contributed by atoms with Crippen molar-refractivity contribution in [1.29, 1.82) is 0 Å². The fourth-order valence-electron chi connectivity index (χ4n) is 2.75. The molecule has 1 aliphatic rings. The number of amides is 1. The molecule has 4 atom stereocenters. The fraction of sp³-hybridized carbons (Fsp3) is 0.562. The third-order valence-electron chi connectivity index (χ3n) is 3.94. The van der Waals surface area contributed by atoms with Gasteiger partial charge in [-0.05, 0) is 37.5 Å². The number of hydrogen-bond acceptors (Lipinski definition) is 4. The van der Waals surface area contributed by atoms with Gasteiger partial charge >= 0.3 is 0 Å². The lowest BCUT2D eigenvalue weighted by Crippen LogP contribution is -2.43. The Morgan fingerprint density at radius 3 is 2.68 bits per heavy atom. The standard InChI is InChI=1S/C16H23ClN2O3/c1-10(15(21-2)11-3-5-12(17)6-4-11)19-16(20)14-8-7-13(9-18)22-14/h3-6,10,13-15H,7-9,18H2,1-2H3,(H,19,20)/t10?,13-,14+,15?/m1/s1. The zero-order valence-corrected chi connectivity index (χ0v) is 13.7. The van der Waals surface area contributed by atoms with E-state index in [1.165, 1.54) is 0 Å². The number of benzene rings is 1. The number of methoxy groups -OCH3 is 1.